The molecule has 2 aromatic rings. The average Bonchev–Trinajstić information content (AvgIpc) is 2.76. The molecule has 0 bridgehead atoms. The van der Waals surface area contributed by atoms with Gasteiger partial charge in [0, 0.05) is 24.7 Å². The summed E-state index contributed by atoms with van der Waals surface area (Å²) >= 11 is 0. The molecule has 1 aromatic heterocycles. The molecule has 0 aliphatic heterocycles. The second-order valence-electron chi connectivity index (χ2n) is 4.25. The zero-order valence-electron chi connectivity index (χ0n) is 10.1. The van der Waals surface area contributed by atoms with E-state index >= 15 is 0 Å². The van der Waals surface area contributed by atoms with Gasteiger partial charge >= 0.3 is 0 Å². The Bertz CT molecular complexity index is 502. The summed E-state index contributed by atoms with van der Waals surface area (Å²) in [5, 5.41) is 4.15. The molecule has 2 N–H and O–H groups in total. The molecule has 0 saturated heterocycles. The summed E-state index contributed by atoms with van der Waals surface area (Å²) in [6.07, 6.45) is 4.35. The van der Waals surface area contributed by atoms with Crippen LogP contribution >= 0.6 is 0 Å². The van der Waals surface area contributed by atoms with Gasteiger partial charge in [0.15, 0.2) is 0 Å². The Morgan fingerprint density at radius 3 is 3.06 bits per heavy atom. The van der Waals surface area contributed by atoms with Gasteiger partial charge in [-0.2, -0.15) is 0 Å². The normalized spacial score (nSPS) is 10.6. The molecule has 0 unspecified atom stereocenters. The van der Waals surface area contributed by atoms with Crippen LogP contribution in [0.15, 0.2) is 30.5 Å². The number of H-pyrrole nitrogens is 1. The van der Waals surface area contributed by atoms with Crippen molar-refractivity contribution in [1.82, 2.24) is 10.3 Å². The molecule has 2 rings (SSSR count). The molecular formula is C14H18N2O. The van der Waals surface area contributed by atoms with Crippen LogP contribution in [0, 0.1) is 0 Å². The van der Waals surface area contributed by atoms with E-state index in [-0.39, 0.29) is 5.91 Å². The van der Waals surface area contributed by atoms with Gasteiger partial charge < -0.3 is 10.3 Å². The number of hydrogen-bond acceptors (Lipinski definition) is 1. The maximum absolute atomic E-state index is 11.3. The molecule has 90 valence electrons. The Hall–Kier alpha value is -1.77. The number of carbonyl (C=O) groups is 1. The van der Waals surface area contributed by atoms with E-state index < -0.39 is 0 Å². The van der Waals surface area contributed by atoms with Crippen molar-refractivity contribution in [2.45, 2.75) is 26.2 Å². The van der Waals surface area contributed by atoms with Crippen LogP contribution in [-0.2, 0) is 11.2 Å². The highest BCUT2D eigenvalue weighted by Crippen LogP contribution is 2.14. The first-order valence-corrected chi connectivity index (χ1v) is 6.12. The Labute approximate surface area is 101 Å². The lowest BCUT2D eigenvalue weighted by Crippen LogP contribution is -2.25. The summed E-state index contributed by atoms with van der Waals surface area (Å²) in [5.74, 6) is 0.148. The number of benzene rings is 1. The highest BCUT2D eigenvalue weighted by Gasteiger charge is 2.00. The summed E-state index contributed by atoms with van der Waals surface area (Å²) < 4.78 is 0. The Morgan fingerprint density at radius 1 is 1.35 bits per heavy atom. The third-order valence-electron chi connectivity index (χ3n) is 2.83. The van der Waals surface area contributed by atoms with Crippen molar-refractivity contribution in [2.75, 3.05) is 6.54 Å². The molecule has 0 atom stereocenters. The van der Waals surface area contributed by atoms with Crippen LogP contribution in [0.2, 0.25) is 0 Å². The molecule has 3 heteroatoms. The Morgan fingerprint density at radius 2 is 2.24 bits per heavy atom. The monoisotopic (exact) mass is 230 g/mol. The molecule has 1 amide bonds. The fraction of sp³-hybridized carbons (Fsp3) is 0.357. The average molecular weight is 230 g/mol. The zero-order chi connectivity index (χ0) is 12.1. The lowest BCUT2D eigenvalue weighted by molar-refractivity contribution is -0.121. The highest BCUT2D eigenvalue weighted by atomic mass is 16.1. The van der Waals surface area contributed by atoms with Gasteiger partial charge in [0.05, 0.1) is 0 Å². The van der Waals surface area contributed by atoms with Crippen molar-refractivity contribution in [3.8, 4) is 0 Å². The molecular weight excluding hydrogens is 212 g/mol. The van der Waals surface area contributed by atoms with Gasteiger partial charge in [-0.25, -0.2) is 0 Å². The molecule has 3 nitrogen and oxygen atoms in total. The number of fused-ring (bicyclic) bond motifs is 1. The van der Waals surface area contributed by atoms with Gasteiger partial charge in [-0.05, 0) is 42.0 Å². The van der Waals surface area contributed by atoms with Crippen molar-refractivity contribution in [3.63, 3.8) is 0 Å². The fourth-order valence-corrected chi connectivity index (χ4v) is 1.92. The number of amides is 1. The van der Waals surface area contributed by atoms with E-state index in [1.807, 2.05) is 13.1 Å². The number of aromatic nitrogens is 1. The van der Waals surface area contributed by atoms with Crippen LogP contribution in [-0.4, -0.2) is 17.4 Å². The largest absolute Gasteiger partial charge is 0.361 e. The topological polar surface area (TPSA) is 44.9 Å². The van der Waals surface area contributed by atoms with Gasteiger partial charge in [-0.1, -0.05) is 13.0 Å². The Kier molecular flexibility index (Phi) is 3.81. The summed E-state index contributed by atoms with van der Waals surface area (Å²) in [4.78, 5) is 14.5. The molecule has 0 saturated carbocycles. The lowest BCUT2D eigenvalue weighted by atomic mass is 10.1. The fourth-order valence-electron chi connectivity index (χ4n) is 1.92. The van der Waals surface area contributed by atoms with E-state index in [9.17, 15) is 4.79 Å². The lowest BCUT2D eigenvalue weighted by Gasteiger charge is -2.04. The zero-order valence-corrected chi connectivity index (χ0v) is 10.1. The van der Waals surface area contributed by atoms with Crippen LogP contribution in [0.1, 0.15) is 25.3 Å². The number of aromatic amines is 1. The number of carbonyl (C=O) groups excluding carboxylic acids is 1. The highest BCUT2D eigenvalue weighted by molar-refractivity contribution is 5.80. The number of nitrogens with one attached hydrogen (secondary N) is 2. The maximum atomic E-state index is 11.3. The minimum atomic E-state index is 0.148. The SMILES string of the molecule is CCCC(=O)NCCc1ccc2[nH]ccc2c1. The van der Waals surface area contributed by atoms with Crippen LogP contribution < -0.4 is 5.32 Å². The predicted octanol–water partition coefficient (Wildman–Crippen LogP) is 2.63. The first-order chi connectivity index (χ1) is 8.29. The molecule has 1 aromatic carbocycles. The minimum Gasteiger partial charge on any atom is -0.361 e. The molecule has 1 heterocycles. The summed E-state index contributed by atoms with van der Waals surface area (Å²) in [6.45, 7) is 2.73. The van der Waals surface area contributed by atoms with Gasteiger partial charge in [-0.3, -0.25) is 4.79 Å². The summed E-state index contributed by atoms with van der Waals surface area (Å²) in [5.41, 5.74) is 2.41. The molecule has 0 spiro atoms. The molecule has 0 aliphatic carbocycles. The first kappa shape index (κ1) is 11.7. The predicted molar refractivity (Wildman–Crippen MR) is 69.9 cm³/mol. The molecule has 0 radical (unpaired) electrons. The first-order valence-electron chi connectivity index (χ1n) is 6.12. The number of hydrogen-bond donors (Lipinski definition) is 2. The van der Waals surface area contributed by atoms with E-state index in [1.54, 1.807) is 0 Å². The van der Waals surface area contributed by atoms with E-state index in [0.29, 0.717) is 6.42 Å². The van der Waals surface area contributed by atoms with Gasteiger partial charge in [0.2, 0.25) is 5.91 Å². The second-order valence-corrected chi connectivity index (χ2v) is 4.25. The van der Waals surface area contributed by atoms with E-state index in [1.165, 1.54) is 10.9 Å². The summed E-state index contributed by atoms with van der Waals surface area (Å²) in [7, 11) is 0. The standard InChI is InChI=1S/C14H18N2O/c1-2-3-14(17)16-8-6-11-4-5-13-12(10-11)7-9-15-13/h4-5,7,9-10,15H,2-3,6,8H2,1H3,(H,16,17). The molecule has 17 heavy (non-hydrogen) atoms. The van der Waals surface area contributed by atoms with Gasteiger partial charge in [0.25, 0.3) is 0 Å². The van der Waals surface area contributed by atoms with Crippen molar-refractivity contribution >= 4 is 16.8 Å². The third kappa shape index (κ3) is 3.09. The van der Waals surface area contributed by atoms with E-state index in [4.69, 9.17) is 0 Å². The second kappa shape index (κ2) is 5.53. The van der Waals surface area contributed by atoms with Crippen molar-refractivity contribution < 1.29 is 4.79 Å². The van der Waals surface area contributed by atoms with Crippen LogP contribution in [0.25, 0.3) is 10.9 Å². The van der Waals surface area contributed by atoms with Crippen LogP contribution in [0.5, 0.6) is 0 Å². The molecule has 0 fully saturated rings. The minimum absolute atomic E-state index is 0.148. The summed E-state index contributed by atoms with van der Waals surface area (Å²) in [6, 6.07) is 8.41. The maximum Gasteiger partial charge on any atom is 0.219 e. The quantitative estimate of drug-likeness (QED) is 0.814. The van der Waals surface area contributed by atoms with Gasteiger partial charge in [-0.15, -0.1) is 0 Å². The van der Waals surface area contributed by atoms with Crippen molar-refractivity contribution in [2.24, 2.45) is 0 Å². The number of rotatable bonds is 5. The van der Waals surface area contributed by atoms with E-state index in [2.05, 4.69) is 34.6 Å². The van der Waals surface area contributed by atoms with Crippen LogP contribution in [0.3, 0.4) is 0 Å². The van der Waals surface area contributed by atoms with Crippen molar-refractivity contribution in [1.29, 1.82) is 0 Å². The third-order valence-corrected chi connectivity index (χ3v) is 2.83. The van der Waals surface area contributed by atoms with Crippen LogP contribution in [0.4, 0.5) is 0 Å². The Balaban J connectivity index is 1.88. The van der Waals surface area contributed by atoms with E-state index in [0.717, 1.165) is 24.9 Å². The van der Waals surface area contributed by atoms with Crippen molar-refractivity contribution in [3.05, 3.63) is 36.0 Å². The smallest absolute Gasteiger partial charge is 0.219 e. The molecule has 0 aliphatic rings. The van der Waals surface area contributed by atoms with Gasteiger partial charge in [0.1, 0.15) is 0 Å².